The van der Waals surface area contributed by atoms with Crippen molar-refractivity contribution >= 4 is 46.6 Å². The summed E-state index contributed by atoms with van der Waals surface area (Å²) in [7, 11) is 5.78. The van der Waals surface area contributed by atoms with E-state index >= 15 is 0 Å². The van der Waals surface area contributed by atoms with Crippen LogP contribution in [0.2, 0.25) is 0 Å². The number of anilines is 2. The molecule has 0 atom stereocenters. The van der Waals surface area contributed by atoms with Crippen molar-refractivity contribution in [1.82, 2.24) is 49.1 Å². The molecule has 0 aliphatic rings. The van der Waals surface area contributed by atoms with Crippen LogP contribution in [0.1, 0.15) is 38.5 Å². The molecule has 0 aliphatic carbocycles. The number of esters is 2. The highest BCUT2D eigenvalue weighted by molar-refractivity contribution is 5.94. The van der Waals surface area contributed by atoms with Crippen molar-refractivity contribution in [3.63, 3.8) is 0 Å². The standard InChI is InChI=1S/C31H32N16O4/c1-44-28(18(16-36-44)30(48)50-3)40-38-24-20(42-46(26(24)32)22-12-5-7-14-34-22)10-9-11-21-25(27(33)47(43-21)23-13-6-8-15-35-23)39-41-29-19(31(49)51-4)17-37-45(29)2/h5-8,12-17H,9-11,32-33H2,1-4H3/b40-38+,41-39+. The third-order valence-electron chi connectivity index (χ3n) is 7.60. The molecule has 0 unspecified atom stereocenters. The highest BCUT2D eigenvalue weighted by Gasteiger charge is 2.23. The summed E-state index contributed by atoms with van der Waals surface area (Å²) in [4.78, 5) is 33.4. The second-order valence-corrected chi connectivity index (χ2v) is 10.8. The first kappa shape index (κ1) is 33.8. The number of nitrogens with zero attached hydrogens (tertiary/aromatic N) is 14. The number of carbonyl (C=O) groups is 2. The monoisotopic (exact) mass is 692 g/mol. The topological polar surface area (TPSA) is 251 Å². The summed E-state index contributed by atoms with van der Waals surface area (Å²) in [5.74, 6) is 0.432. The molecule has 0 radical (unpaired) electrons. The van der Waals surface area contributed by atoms with Crippen LogP contribution in [0.4, 0.5) is 34.6 Å². The number of aryl methyl sites for hydroxylation is 4. The minimum absolute atomic E-state index is 0.133. The summed E-state index contributed by atoms with van der Waals surface area (Å²) in [6, 6.07) is 10.7. The molecule has 0 aromatic carbocycles. The van der Waals surface area contributed by atoms with E-state index < -0.39 is 11.9 Å². The molecule has 0 fully saturated rings. The van der Waals surface area contributed by atoms with Crippen LogP contribution in [0.3, 0.4) is 0 Å². The van der Waals surface area contributed by atoms with E-state index in [4.69, 9.17) is 31.1 Å². The largest absolute Gasteiger partial charge is 0.465 e. The maximum absolute atomic E-state index is 12.3. The third-order valence-corrected chi connectivity index (χ3v) is 7.60. The Hall–Kier alpha value is -7.12. The number of carbonyl (C=O) groups excluding carboxylic acids is 2. The normalized spacial score (nSPS) is 11.5. The van der Waals surface area contributed by atoms with E-state index in [9.17, 15) is 9.59 Å². The lowest BCUT2D eigenvalue weighted by Gasteiger charge is -2.01. The zero-order valence-electron chi connectivity index (χ0n) is 27.9. The van der Waals surface area contributed by atoms with Gasteiger partial charge in [-0.3, -0.25) is 0 Å². The maximum atomic E-state index is 12.3. The average molecular weight is 693 g/mol. The first-order valence-corrected chi connectivity index (χ1v) is 15.3. The molecule has 6 aromatic heterocycles. The fourth-order valence-corrected chi connectivity index (χ4v) is 5.03. The lowest BCUT2D eigenvalue weighted by atomic mass is 10.1. The van der Waals surface area contributed by atoms with Crippen molar-refractivity contribution in [3.8, 4) is 11.6 Å². The molecule has 260 valence electrons. The van der Waals surface area contributed by atoms with E-state index in [1.165, 1.54) is 45.3 Å². The van der Waals surface area contributed by atoms with Gasteiger partial charge in [-0.05, 0) is 43.5 Å². The number of nitrogen functional groups attached to an aromatic ring is 2. The molecule has 0 saturated heterocycles. The van der Waals surface area contributed by atoms with E-state index in [0.717, 1.165) is 0 Å². The Bertz CT molecular complexity index is 2090. The zero-order chi connectivity index (χ0) is 36.1. The number of aromatic nitrogens is 10. The van der Waals surface area contributed by atoms with Crippen LogP contribution in [0.5, 0.6) is 0 Å². The Labute approximate surface area is 289 Å². The molecule has 0 saturated carbocycles. The van der Waals surface area contributed by atoms with Gasteiger partial charge in [-0.2, -0.15) is 29.8 Å². The Morgan fingerprint density at radius 1 is 0.686 bits per heavy atom. The lowest BCUT2D eigenvalue weighted by molar-refractivity contribution is 0.0592. The van der Waals surface area contributed by atoms with Crippen molar-refractivity contribution < 1.29 is 19.1 Å². The van der Waals surface area contributed by atoms with Gasteiger partial charge in [-0.15, -0.1) is 20.5 Å². The van der Waals surface area contributed by atoms with E-state index in [2.05, 4.69) is 40.6 Å². The van der Waals surface area contributed by atoms with Crippen molar-refractivity contribution in [1.29, 1.82) is 0 Å². The van der Waals surface area contributed by atoms with Gasteiger partial charge in [0.05, 0.1) is 38.0 Å². The molecular formula is C31H32N16O4. The van der Waals surface area contributed by atoms with E-state index in [-0.39, 0.29) is 45.8 Å². The number of methoxy groups -OCH3 is 2. The molecular weight excluding hydrogens is 660 g/mol. The minimum Gasteiger partial charge on any atom is -0.465 e. The Morgan fingerprint density at radius 3 is 1.49 bits per heavy atom. The summed E-state index contributed by atoms with van der Waals surface area (Å²) in [5, 5.41) is 35.1. The first-order chi connectivity index (χ1) is 24.7. The second kappa shape index (κ2) is 14.6. The molecule has 20 nitrogen and oxygen atoms in total. The minimum atomic E-state index is -0.614. The molecule has 0 aliphatic heterocycles. The Balaban J connectivity index is 1.34. The number of hydrogen-bond donors (Lipinski definition) is 2. The molecule has 0 amide bonds. The van der Waals surface area contributed by atoms with Crippen LogP contribution in [0, 0.1) is 0 Å². The lowest BCUT2D eigenvalue weighted by Crippen LogP contribution is -2.04. The molecule has 6 aromatic rings. The average Bonchev–Trinajstić information content (AvgIpc) is 3.89. The van der Waals surface area contributed by atoms with E-state index in [0.29, 0.717) is 42.3 Å². The maximum Gasteiger partial charge on any atom is 0.343 e. The van der Waals surface area contributed by atoms with Crippen molar-refractivity contribution in [2.75, 3.05) is 25.7 Å². The van der Waals surface area contributed by atoms with E-state index in [1.54, 1.807) is 62.9 Å². The quantitative estimate of drug-likeness (QED) is 0.136. The Kier molecular flexibility index (Phi) is 9.64. The molecule has 4 N–H and O–H groups in total. The van der Waals surface area contributed by atoms with Crippen molar-refractivity contribution in [2.45, 2.75) is 19.3 Å². The van der Waals surface area contributed by atoms with Gasteiger partial charge < -0.3 is 20.9 Å². The van der Waals surface area contributed by atoms with Crippen LogP contribution in [-0.2, 0) is 36.4 Å². The smallest absolute Gasteiger partial charge is 0.343 e. The number of nitrogens with two attached hydrogens (primary N) is 2. The summed E-state index contributed by atoms with van der Waals surface area (Å²) in [5.41, 5.74) is 14.9. The number of pyridine rings is 2. The fraction of sp³-hybridized carbons (Fsp3) is 0.226. The van der Waals surface area contributed by atoms with Crippen LogP contribution < -0.4 is 11.5 Å². The zero-order valence-corrected chi connectivity index (χ0v) is 27.9. The van der Waals surface area contributed by atoms with Gasteiger partial charge in [-0.25, -0.2) is 28.9 Å². The van der Waals surface area contributed by atoms with Gasteiger partial charge in [-0.1, -0.05) is 12.1 Å². The van der Waals surface area contributed by atoms with Crippen LogP contribution in [-0.4, -0.2) is 75.2 Å². The molecule has 0 spiro atoms. The molecule has 6 heterocycles. The van der Waals surface area contributed by atoms with Gasteiger partial charge in [0.25, 0.3) is 0 Å². The summed E-state index contributed by atoms with van der Waals surface area (Å²) < 4.78 is 15.4. The summed E-state index contributed by atoms with van der Waals surface area (Å²) in [6.45, 7) is 0. The number of ether oxygens (including phenoxy) is 2. The van der Waals surface area contributed by atoms with Gasteiger partial charge >= 0.3 is 11.9 Å². The summed E-state index contributed by atoms with van der Waals surface area (Å²) >= 11 is 0. The predicted molar refractivity (Wildman–Crippen MR) is 181 cm³/mol. The van der Waals surface area contributed by atoms with Gasteiger partial charge in [0, 0.05) is 26.5 Å². The number of rotatable bonds is 12. The predicted octanol–water partition coefficient (Wildman–Crippen LogP) is 4.06. The molecule has 51 heavy (non-hydrogen) atoms. The van der Waals surface area contributed by atoms with Crippen LogP contribution in [0.25, 0.3) is 11.6 Å². The SMILES string of the molecule is COC(=O)c1cnn(C)c1/N=N/c1c(CCCc2nn(-c3ccccn3)c(N)c2/N=N/c2c(C(=O)OC)cnn2C)nn(-c2ccccn2)c1N. The third kappa shape index (κ3) is 6.77. The van der Waals surface area contributed by atoms with Crippen LogP contribution >= 0.6 is 0 Å². The summed E-state index contributed by atoms with van der Waals surface area (Å²) in [6.07, 6.45) is 7.11. The fourth-order valence-electron chi connectivity index (χ4n) is 5.03. The molecule has 6 rings (SSSR count). The molecule has 20 heteroatoms. The number of azo groups is 2. The van der Waals surface area contributed by atoms with Gasteiger partial charge in [0.1, 0.15) is 11.1 Å². The van der Waals surface area contributed by atoms with Crippen molar-refractivity contribution in [2.24, 2.45) is 34.6 Å². The highest BCUT2D eigenvalue weighted by atomic mass is 16.5. The van der Waals surface area contributed by atoms with Crippen LogP contribution in [0.15, 0.2) is 81.6 Å². The molecule has 0 bridgehead atoms. The van der Waals surface area contributed by atoms with E-state index in [1.807, 2.05) is 0 Å². The van der Waals surface area contributed by atoms with Gasteiger partial charge in [0.2, 0.25) is 0 Å². The second-order valence-electron chi connectivity index (χ2n) is 10.8. The van der Waals surface area contributed by atoms with Crippen molar-refractivity contribution in [3.05, 3.63) is 83.7 Å². The number of hydrogen-bond acceptors (Lipinski definition) is 16. The van der Waals surface area contributed by atoms with Gasteiger partial charge in [0.15, 0.2) is 46.3 Å². The Morgan fingerprint density at radius 2 is 1.12 bits per heavy atom. The highest BCUT2D eigenvalue weighted by Crippen LogP contribution is 2.35. The first-order valence-electron chi connectivity index (χ1n) is 15.3.